The maximum atomic E-state index is 14.4. The van der Waals surface area contributed by atoms with E-state index in [4.69, 9.17) is 9.47 Å². The summed E-state index contributed by atoms with van der Waals surface area (Å²) in [6.45, 7) is 2.88. The maximum absolute atomic E-state index is 14.4. The van der Waals surface area contributed by atoms with Crippen LogP contribution in [-0.2, 0) is 20.7 Å². The van der Waals surface area contributed by atoms with Gasteiger partial charge in [-0.15, -0.1) is 15.3 Å². The highest BCUT2D eigenvalue weighted by atomic mass is 32.1. The van der Waals surface area contributed by atoms with Crippen molar-refractivity contribution in [2.45, 2.75) is 31.1 Å². The van der Waals surface area contributed by atoms with Crippen molar-refractivity contribution in [2.24, 2.45) is 0 Å². The summed E-state index contributed by atoms with van der Waals surface area (Å²) >= 11 is 1.36. The zero-order valence-corrected chi connectivity index (χ0v) is 20.9. The van der Waals surface area contributed by atoms with Crippen molar-refractivity contribution in [1.82, 2.24) is 20.4 Å². The fraction of sp³-hybridized carbons (Fsp3) is 0.458. The van der Waals surface area contributed by atoms with Gasteiger partial charge in [0.05, 0.1) is 18.2 Å². The smallest absolute Gasteiger partial charge is 0.205 e. The van der Waals surface area contributed by atoms with Crippen LogP contribution in [0.25, 0.3) is 0 Å². The largest absolute Gasteiger partial charge is 0.378 e. The third-order valence-electron chi connectivity index (χ3n) is 6.51. The summed E-state index contributed by atoms with van der Waals surface area (Å²) in [6, 6.07) is 8.67. The highest BCUT2D eigenvalue weighted by Gasteiger charge is 2.30. The highest BCUT2D eigenvalue weighted by molar-refractivity contribution is 7.15. The molecule has 1 N–H and O–H groups in total. The number of anilines is 3. The molecular weight excluding hydrogens is 485 g/mol. The van der Waals surface area contributed by atoms with Crippen molar-refractivity contribution < 1.29 is 18.7 Å². The van der Waals surface area contributed by atoms with Gasteiger partial charge in [-0.25, -0.2) is 4.39 Å². The first kappa shape index (κ1) is 24.5. The van der Waals surface area contributed by atoms with Crippen LogP contribution in [0.15, 0.2) is 36.5 Å². The monoisotopic (exact) mass is 513 g/mol. The highest BCUT2D eigenvalue weighted by Crippen LogP contribution is 2.31. The summed E-state index contributed by atoms with van der Waals surface area (Å²) < 4.78 is 25.2. The molecule has 0 unspecified atom stereocenters. The molecule has 0 spiro atoms. The number of nitrogens with zero attached hydrogens (tertiary/aromatic N) is 6. The molecule has 1 aromatic carbocycles. The van der Waals surface area contributed by atoms with Gasteiger partial charge in [-0.2, -0.15) is 5.10 Å². The maximum Gasteiger partial charge on any atom is 0.205 e. The molecule has 190 valence electrons. The number of carbonyl (C=O) groups is 1. The first-order valence-electron chi connectivity index (χ1n) is 11.8. The van der Waals surface area contributed by atoms with Crippen molar-refractivity contribution in [2.75, 3.05) is 55.5 Å². The second-order valence-corrected chi connectivity index (χ2v) is 9.95. The van der Waals surface area contributed by atoms with Gasteiger partial charge in [-0.05, 0) is 36.2 Å². The Labute approximate surface area is 212 Å². The number of benzene rings is 1. The number of hydrogen-bond acceptors (Lipinski definition) is 11. The summed E-state index contributed by atoms with van der Waals surface area (Å²) in [5, 5.41) is 21.2. The van der Waals surface area contributed by atoms with Crippen LogP contribution in [0.2, 0.25) is 0 Å². The number of nitrogens with one attached hydrogen (secondary N) is 1. The fourth-order valence-electron chi connectivity index (χ4n) is 4.52. The zero-order chi connectivity index (χ0) is 25.1. The zero-order valence-electron chi connectivity index (χ0n) is 20.1. The first-order chi connectivity index (χ1) is 17.5. The lowest BCUT2D eigenvalue weighted by Crippen LogP contribution is -2.52. The molecule has 0 saturated carbocycles. The lowest BCUT2D eigenvalue weighted by molar-refractivity contribution is -0.128. The molecule has 2 aliphatic heterocycles. The molecule has 0 amide bonds. The number of hydrogen-bond donors (Lipinski definition) is 1. The molecule has 10 nitrogen and oxygen atoms in total. The Kier molecular flexibility index (Phi) is 7.35. The summed E-state index contributed by atoms with van der Waals surface area (Å²) in [6.07, 6.45) is 1.94. The average molecular weight is 514 g/mol. The minimum Gasteiger partial charge on any atom is -0.378 e. The number of ketones is 1. The lowest BCUT2D eigenvalue weighted by atomic mass is 10.0. The number of aromatic nitrogens is 4. The van der Waals surface area contributed by atoms with E-state index in [1.165, 1.54) is 24.5 Å². The van der Waals surface area contributed by atoms with Crippen molar-refractivity contribution in [1.29, 1.82) is 0 Å². The predicted molar refractivity (Wildman–Crippen MR) is 134 cm³/mol. The van der Waals surface area contributed by atoms with E-state index in [1.807, 2.05) is 17.0 Å². The number of methoxy groups -OCH3 is 2. The SMILES string of the molecule is COC1CN(c2cc([C@@H](OC)C(=O)Cc3nnc(N[C@@H]4CCN(c5cccnn5)C4)s3)ccc2F)C1. The molecule has 0 radical (unpaired) electrons. The number of halogens is 1. The minimum absolute atomic E-state index is 0.0798. The van der Waals surface area contributed by atoms with E-state index in [0.29, 0.717) is 34.5 Å². The van der Waals surface area contributed by atoms with Crippen molar-refractivity contribution in [3.05, 3.63) is 52.9 Å². The molecule has 36 heavy (non-hydrogen) atoms. The Balaban J connectivity index is 1.19. The first-order valence-corrected chi connectivity index (χ1v) is 12.6. The van der Waals surface area contributed by atoms with E-state index in [1.54, 1.807) is 25.4 Å². The third kappa shape index (κ3) is 5.30. The van der Waals surface area contributed by atoms with Gasteiger partial charge in [-0.1, -0.05) is 17.4 Å². The van der Waals surface area contributed by atoms with Crippen molar-refractivity contribution in [3.63, 3.8) is 0 Å². The molecule has 5 rings (SSSR count). The van der Waals surface area contributed by atoms with E-state index >= 15 is 0 Å². The molecule has 3 aromatic rings. The number of carbonyl (C=O) groups excluding carboxylic acids is 1. The third-order valence-corrected chi connectivity index (χ3v) is 7.37. The van der Waals surface area contributed by atoms with Crippen LogP contribution in [0, 0.1) is 5.82 Å². The molecule has 2 saturated heterocycles. The van der Waals surface area contributed by atoms with Crippen LogP contribution in [0.1, 0.15) is 23.1 Å². The predicted octanol–water partition coefficient (Wildman–Crippen LogP) is 2.49. The molecule has 12 heteroatoms. The quantitative estimate of drug-likeness (QED) is 0.435. The van der Waals surface area contributed by atoms with E-state index in [9.17, 15) is 9.18 Å². The average Bonchev–Trinajstić information content (AvgIpc) is 3.51. The van der Waals surface area contributed by atoms with Crippen LogP contribution in [0.5, 0.6) is 0 Å². The van der Waals surface area contributed by atoms with Crippen LogP contribution in [0.3, 0.4) is 0 Å². The van der Waals surface area contributed by atoms with E-state index in [0.717, 1.165) is 25.3 Å². The van der Waals surface area contributed by atoms with E-state index in [2.05, 4.69) is 30.6 Å². The Morgan fingerprint density at radius 3 is 2.81 bits per heavy atom. The minimum atomic E-state index is -0.820. The van der Waals surface area contributed by atoms with E-state index in [-0.39, 0.29) is 30.2 Å². The molecule has 2 aromatic heterocycles. The molecular formula is C24H28FN7O3S. The lowest BCUT2D eigenvalue weighted by Gasteiger charge is -2.40. The second kappa shape index (κ2) is 10.8. The second-order valence-electron chi connectivity index (χ2n) is 8.89. The Hall–Kier alpha value is -3.22. The molecule has 4 heterocycles. The molecule has 2 fully saturated rings. The Morgan fingerprint density at radius 1 is 1.19 bits per heavy atom. The van der Waals surface area contributed by atoms with Gasteiger partial charge in [0.15, 0.2) is 11.6 Å². The van der Waals surface area contributed by atoms with Gasteiger partial charge in [0.1, 0.15) is 16.9 Å². The number of Topliss-reactive ketones (excluding diaryl/α,β-unsaturated/α-hetero) is 1. The Morgan fingerprint density at radius 2 is 2.06 bits per heavy atom. The van der Waals surface area contributed by atoms with Gasteiger partial charge >= 0.3 is 0 Å². The summed E-state index contributed by atoms with van der Waals surface area (Å²) in [7, 11) is 3.12. The topological polar surface area (TPSA) is 106 Å². The normalized spacial score (nSPS) is 18.8. The molecule has 0 aliphatic carbocycles. The van der Waals surface area contributed by atoms with Crippen LogP contribution in [0.4, 0.5) is 21.0 Å². The van der Waals surface area contributed by atoms with Crippen molar-refractivity contribution >= 4 is 33.8 Å². The molecule has 2 aliphatic rings. The summed E-state index contributed by atoms with van der Waals surface area (Å²) in [5.41, 5.74) is 1.06. The Bertz CT molecular complexity index is 1190. The van der Waals surface area contributed by atoms with Gasteiger partial charge < -0.3 is 24.6 Å². The van der Waals surface area contributed by atoms with Gasteiger partial charge in [0.25, 0.3) is 0 Å². The number of ether oxygens (including phenoxy) is 2. The molecule has 2 atom stereocenters. The van der Waals surface area contributed by atoms with Crippen LogP contribution >= 0.6 is 11.3 Å². The fourth-order valence-corrected chi connectivity index (χ4v) is 5.35. The van der Waals surface area contributed by atoms with Crippen molar-refractivity contribution in [3.8, 4) is 0 Å². The van der Waals surface area contributed by atoms with E-state index < -0.39 is 6.10 Å². The summed E-state index contributed by atoms with van der Waals surface area (Å²) in [4.78, 5) is 17.2. The standard InChI is InChI=1S/C24H28FN7O3S/c1-34-17-13-32(14-17)19-10-15(5-6-18(19)25)23(35-2)20(33)11-22-29-30-24(36-22)27-16-7-9-31(12-16)21-4-3-8-26-28-21/h3-6,8,10,16-17,23H,7,9,11-14H2,1-2H3,(H,27,30)/t16-,23-/m1/s1. The van der Waals surface area contributed by atoms with Gasteiger partial charge in [0.2, 0.25) is 5.13 Å². The van der Waals surface area contributed by atoms with Gasteiger partial charge in [-0.3, -0.25) is 4.79 Å². The number of rotatable bonds is 10. The summed E-state index contributed by atoms with van der Waals surface area (Å²) in [5.74, 6) is 0.360. The van der Waals surface area contributed by atoms with Gasteiger partial charge in [0, 0.05) is 52.6 Å². The van der Waals surface area contributed by atoms with Crippen LogP contribution < -0.4 is 15.1 Å². The van der Waals surface area contributed by atoms with Crippen LogP contribution in [-0.4, -0.2) is 78.7 Å². The molecule has 0 bridgehead atoms.